The Kier molecular flexibility index (Phi) is 9.12. The van der Waals surface area contributed by atoms with Gasteiger partial charge in [-0.25, -0.2) is 31.0 Å². The van der Waals surface area contributed by atoms with Crippen LogP contribution in [-0.4, -0.2) is 59.9 Å². The largest absolute Gasteiger partial charge is 0.344 e. The lowest BCUT2D eigenvalue weighted by atomic mass is 10.0. The van der Waals surface area contributed by atoms with Crippen molar-refractivity contribution in [2.24, 2.45) is 13.0 Å². The number of sulfonamides is 1. The first-order valence-corrected chi connectivity index (χ1v) is 20.4. The molecule has 1 fully saturated rings. The number of amides is 1. The lowest BCUT2D eigenvalue weighted by molar-refractivity contribution is -0.123. The average Bonchev–Trinajstić information content (AvgIpc) is 3.40. The van der Waals surface area contributed by atoms with Crippen molar-refractivity contribution in [3.63, 3.8) is 0 Å². The first-order valence-electron chi connectivity index (χ1n) is 18.1. The number of nitrogens with zero attached hydrogens (tertiary/aromatic N) is 7. The number of hydrogen-bond donors (Lipinski definition) is 3. The second kappa shape index (κ2) is 13.9. The minimum atomic E-state index is -3.90. The van der Waals surface area contributed by atoms with Crippen molar-refractivity contribution in [1.82, 2.24) is 44.6 Å². The van der Waals surface area contributed by atoms with Gasteiger partial charge in [0, 0.05) is 42.8 Å². The number of hydrogen-bond acceptors (Lipinski definition) is 8. The number of fused-ring (bicyclic) bond motifs is 5. The molecule has 60 heavy (non-hydrogen) atoms. The molecule has 14 nitrogen and oxygen atoms in total. The molecule has 4 aromatic heterocycles. The molecule has 1 amide bonds. The summed E-state index contributed by atoms with van der Waals surface area (Å²) in [4.78, 5) is 33.8. The SMILES string of the molecule is Cn1nc(NS(C)(=O)=O)c2c(Cl)ccc(-n3c([C@H](Cc4cc(F)cc(F)c4)NC(=O)Cn4nc(C(F)F)c5c4C(F)(F)[C@@H]4C[C@H]54)nc4cc(-c5cc[nH]n5)ccc4c3=O)c21. The van der Waals surface area contributed by atoms with E-state index in [1.54, 1.807) is 24.4 Å². The van der Waals surface area contributed by atoms with Gasteiger partial charge in [0.05, 0.1) is 50.5 Å². The van der Waals surface area contributed by atoms with Crippen LogP contribution in [0.4, 0.5) is 32.2 Å². The smallest absolute Gasteiger partial charge is 0.293 e. The van der Waals surface area contributed by atoms with Gasteiger partial charge in [0.1, 0.15) is 35.4 Å². The molecule has 22 heteroatoms. The molecule has 7 aromatic rings. The number of anilines is 1. The molecule has 0 bridgehead atoms. The van der Waals surface area contributed by atoms with Gasteiger partial charge in [0.25, 0.3) is 17.9 Å². The minimum absolute atomic E-state index is 0.00264. The summed E-state index contributed by atoms with van der Waals surface area (Å²) in [5, 5.41) is 17.7. The number of H-pyrrole nitrogens is 1. The number of rotatable bonds is 11. The summed E-state index contributed by atoms with van der Waals surface area (Å²) in [6.07, 6.45) is -1.19. The van der Waals surface area contributed by atoms with Gasteiger partial charge in [0.15, 0.2) is 5.82 Å². The summed E-state index contributed by atoms with van der Waals surface area (Å²) in [5.41, 5.74) is -1.48. The summed E-state index contributed by atoms with van der Waals surface area (Å²) in [6.45, 7) is -0.980. The highest BCUT2D eigenvalue weighted by molar-refractivity contribution is 7.92. The molecular weight excluding hydrogens is 842 g/mol. The van der Waals surface area contributed by atoms with Crippen molar-refractivity contribution in [3.8, 4) is 16.9 Å². The Morgan fingerprint density at radius 1 is 1.07 bits per heavy atom. The molecule has 2 aliphatic carbocycles. The van der Waals surface area contributed by atoms with E-state index in [0.29, 0.717) is 22.0 Å². The van der Waals surface area contributed by atoms with Crippen molar-refractivity contribution in [1.29, 1.82) is 0 Å². The van der Waals surface area contributed by atoms with E-state index in [1.807, 2.05) is 0 Å². The van der Waals surface area contributed by atoms with Crippen LogP contribution >= 0.6 is 11.6 Å². The molecule has 4 heterocycles. The van der Waals surface area contributed by atoms with Gasteiger partial charge in [-0.15, -0.1) is 0 Å². The van der Waals surface area contributed by atoms with Crippen LogP contribution in [0.15, 0.2) is 65.6 Å². The van der Waals surface area contributed by atoms with Gasteiger partial charge in [-0.3, -0.25) is 33.3 Å². The lowest BCUT2D eigenvalue weighted by Gasteiger charge is -2.24. The molecule has 3 aromatic carbocycles. The number of carbonyl (C=O) groups is 1. The number of aromatic amines is 1. The molecule has 0 aliphatic heterocycles. The third kappa shape index (κ3) is 6.64. The zero-order valence-corrected chi connectivity index (χ0v) is 32.6. The Balaban J connectivity index is 1.25. The van der Waals surface area contributed by atoms with Gasteiger partial charge in [-0.1, -0.05) is 17.7 Å². The fourth-order valence-corrected chi connectivity index (χ4v) is 8.90. The Hall–Kier alpha value is -6.22. The Morgan fingerprint density at radius 3 is 2.50 bits per heavy atom. The number of carbonyl (C=O) groups excluding carboxylic acids is 1. The highest BCUT2D eigenvalue weighted by Crippen LogP contribution is 2.68. The molecule has 1 saturated carbocycles. The number of benzene rings is 3. The molecule has 0 spiro atoms. The molecule has 0 radical (unpaired) electrons. The van der Waals surface area contributed by atoms with Crippen LogP contribution in [0.5, 0.6) is 0 Å². The molecule has 0 saturated heterocycles. The quantitative estimate of drug-likeness (QED) is 0.125. The van der Waals surface area contributed by atoms with Crippen LogP contribution < -0.4 is 15.6 Å². The zero-order valence-electron chi connectivity index (χ0n) is 31.0. The monoisotopic (exact) mass is 870 g/mol. The van der Waals surface area contributed by atoms with Crippen molar-refractivity contribution in [3.05, 3.63) is 116 Å². The van der Waals surface area contributed by atoms with Crippen LogP contribution in [0.2, 0.25) is 5.02 Å². The number of alkyl halides is 4. The van der Waals surface area contributed by atoms with E-state index in [2.05, 4.69) is 30.4 Å². The predicted octanol–water partition coefficient (Wildman–Crippen LogP) is 6.41. The average molecular weight is 871 g/mol. The second-order valence-electron chi connectivity index (χ2n) is 14.7. The maximum Gasteiger partial charge on any atom is 0.293 e. The van der Waals surface area contributed by atoms with Crippen LogP contribution in [-0.2, 0) is 40.8 Å². The van der Waals surface area contributed by atoms with E-state index in [0.717, 1.165) is 23.0 Å². The van der Waals surface area contributed by atoms with Crippen LogP contribution in [0.1, 0.15) is 53.1 Å². The fraction of sp³-hybridized carbons (Fsp3) is 0.263. The van der Waals surface area contributed by atoms with E-state index < -0.39 is 87.7 Å². The number of nitrogens with one attached hydrogen (secondary N) is 3. The van der Waals surface area contributed by atoms with Gasteiger partial charge in [-0.05, 0) is 60.4 Å². The van der Waals surface area contributed by atoms with Crippen molar-refractivity contribution >= 4 is 55.2 Å². The van der Waals surface area contributed by atoms with Gasteiger partial charge in [-0.2, -0.15) is 24.1 Å². The minimum Gasteiger partial charge on any atom is -0.344 e. The summed E-state index contributed by atoms with van der Waals surface area (Å²) < 4.78 is 118. The van der Waals surface area contributed by atoms with Gasteiger partial charge >= 0.3 is 0 Å². The molecule has 0 unspecified atom stereocenters. The lowest BCUT2D eigenvalue weighted by Crippen LogP contribution is -2.38. The number of aromatic nitrogens is 8. The van der Waals surface area contributed by atoms with E-state index in [9.17, 15) is 35.6 Å². The summed E-state index contributed by atoms with van der Waals surface area (Å²) in [5.74, 6) is -9.01. The number of aryl methyl sites for hydroxylation is 1. The van der Waals surface area contributed by atoms with E-state index >= 15 is 8.78 Å². The van der Waals surface area contributed by atoms with Crippen LogP contribution in [0, 0.1) is 17.6 Å². The summed E-state index contributed by atoms with van der Waals surface area (Å²) >= 11 is 6.61. The third-order valence-corrected chi connectivity index (χ3v) is 11.5. The summed E-state index contributed by atoms with van der Waals surface area (Å²) in [6, 6.07) is 10.2. The van der Waals surface area contributed by atoms with E-state index in [-0.39, 0.29) is 61.7 Å². The topological polar surface area (TPSA) is 174 Å². The predicted molar refractivity (Wildman–Crippen MR) is 206 cm³/mol. The van der Waals surface area contributed by atoms with Crippen LogP contribution in [0.3, 0.4) is 0 Å². The summed E-state index contributed by atoms with van der Waals surface area (Å²) in [7, 11) is -2.45. The first-order chi connectivity index (χ1) is 28.4. The Bertz CT molecular complexity index is 3080. The second-order valence-corrected chi connectivity index (χ2v) is 16.9. The molecule has 9 rings (SSSR count). The van der Waals surface area contributed by atoms with Gasteiger partial charge < -0.3 is 5.32 Å². The maximum absolute atomic E-state index is 15.5. The molecule has 3 atom stereocenters. The van der Waals surface area contributed by atoms with Crippen LogP contribution in [0.25, 0.3) is 38.8 Å². The molecular formula is C38H29ClF6N10O4S. The Morgan fingerprint density at radius 2 is 1.82 bits per heavy atom. The standard InChI is InChI=1S/C38H29ClF6N10O4S/c1-53-32-27(6-5-23(39)30(32)35(51-53)52-60(2,58)59)55-36(48-25-12-17(24-7-8-46-49-24)3-4-20(25)37(55)57)26(11-16-9-18(40)13-19(41)10-16)47-28(56)15-54-33-29(31(50-54)34(42)43)21-14-22(21)38(33,44)45/h3-10,12-13,21-22,26,34H,11,14-15H2,1-2H3,(H,46,49)(H,47,56)(H,51,52)/t21-,22+,26-/m0/s1. The number of halogens is 7. The molecule has 310 valence electrons. The third-order valence-electron chi connectivity index (χ3n) is 10.6. The first kappa shape index (κ1) is 39.3. The maximum atomic E-state index is 15.5. The van der Waals surface area contributed by atoms with Gasteiger partial charge in [0.2, 0.25) is 15.9 Å². The fourth-order valence-electron chi connectivity index (χ4n) is 8.16. The van der Waals surface area contributed by atoms with E-state index in [4.69, 9.17) is 16.6 Å². The molecule has 3 N–H and O–H groups in total. The molecule has 2 aliphatic rings. The van der Waals surface area contributed by atoms with Crippen molar-refractivity contribution in [2.75, 3.05) is 11.0 Å². The van der Waals surface area contributed by atoms with E-state index in [1.165, 1.54) is 29.9 Å². The van der Waals surface area contributed by atoms with Crippen molar-refractivity contribution < 1.29 is 39.6 Å². The zero-order chi connectivity index (χ0) is 42.6. The van der Waals surface area contributed by atoms with Crippen molar-refractivity contribution in [2.45, 2.75) is 43.7 Å². The Labute approximate surface area is 339 Å². The highest BCUT2D eigenvalue weighted by Gasteiger charge is 2.67. The normalized spacial score (nSPS) is 17.3. The highest BCUT2D eigenvalue weighted by atomic mass is 35.5.